The fourth-order valence-electron chi connectivity index (χ4n) is 9.26. The van der Waals surface area contributed by atoms with Crippen molar-refractivity contribution in [2.45, 2.75) is 77.2 Å². The average molecular weight is 654 g/mol. The van der Waals surface area contributed by atoms with Crippen molar-refractivity contribution in [1.29, 1.82) is 0 Å². The molecule has 7 nitrogen and oxygen atoms in total. The van der Waals surface area contributed by atoms with Crippen molar-refractivity contribution >= 4 is 45.9 Å². The van der Waals surface area contributed by atoms with Crippen molar-refractivity contribution in [3.8, 4) is 0 Å². The van der Waals surface area contributed by atoms with Crippen molar-refractivity contribution in [3.05, 3.63) is 88.0 Å². The van der Waals surface area contributed by atoms with Crippen LogP contribution < -0.4 is 4.90 Å². The highest BCUT2D eigenvalue weighted by Crippen LogP contribution is 2.68. The number of esters is 1. The number of rotatable bonds is 8. The number of Topliss-reactive ketones (excluding diaryl/α,β-unsaturated/α-hetero) is 3. The quantitative estimate of drug-likeness (QED) is 0.170. The van der Waals surface area contributed by atoms with Crippen LogP contribution in [0.15, 0.2) is 76.9 Å². The first kappa shape index (κ1) is 33.1. The van der Waals surface area contributed by atoms with E-state index < -0.39 is 17.0 Å². The smallest absolute Gasteiger partial charge is 0.303 e. The molecule has 0 amide bonds. The second-order valence-corrected chi connectivity index (χ2v) is 15.1. The fourth-order valence-corrected chi connectivity index (χ4v) is 9.83. The zero-order valence-electron chi connectivity index (χ0n) is 27.9. The maximum Gasteiger partial charge on any atom is 0.303 e. The van der Waals surface area contributed by atoms with E-state index in [-0.39, 0.29) is 52.4 Å². The molecule has 2 aromatic rings. The maximum absolute atomic E-state index is 14.2. The summed E-state index contributed by atoms with van der Waals surface area (Å²) in [6, 6.07) is 17.5. The lowest BCUT2D eigenvalue weighted by atomic mass is 9.50. The zero-order chi connectivity index (χ0) is 33.7. The van der Waals surface area contributed by atoms with Crippen LogP contribution in [0.4, 0.5) is 5.69 Å². The van der Waals surface area contributed by atoms with Gasteiger partial charge in [-0.15, -0.1) is 0 Å². The van der Waals surface area contributed by atoms with Gasteiger partial charge in [0.1, 0.15) is 0 Å². The van der Waals surface area contributed by atoms with Gasteiger partial charge in [0.05, 0.1) is 11.3 Å². The van der Waals surface area contributed by atoms with Crippen LogP contribution in [-0.2, 0) is 23.9 Å². The van der Waals surface area contributed by atoms with Gasteiger partial charge in [-0.05, 0) is 79.2 Å². The molecule has 0 saturated heterocycles. The Morgan fingerprint density at radius 1 is 0.915 bits per heavy atom. The van der Waals surface area contributed by atoms with Crippen LogP contribution in [-0.4, -0.2) is 53.9 Å². The Hall–Kier alpha value is -3.78. The van der Waals surface area contributed by atoms with E-state index in [0.29, 0.717) is 43.2 Å². The van der Waals surface area contributed by atoms with Gasteiger partial charge in [0.25, 0.3) is 0 Å². The SMILES string of the molecule is CC(=O)O[C@@]1(C(=O)CSC(C)=O)CCC2C3CCC4=C(C(=O)c5ccccc5)C(=O)CCC4=C3C(c3ccc(N(C)C)cc3)C[C@@]21C. The number of hydrogen-bond acceptors (Lipinski definition) is 8. The Morgan fingerprint density at radius 2 is 1.62 bits per heavy atom. The van der Waals surface area contributed by atoms with Crippen LogP contribution >= 0.6 is 11.8 Å². The Kier molecular flexibility index (Phi) is 8.94. The number of allylic oxidation sites excluding steroid dienone is 4. The second kappa shape index (κ2) is 12.7. The summed E-state index contributed by atoms with van der Waals surface area (Å²) < 4.78 is 6.16. The van der Waals surface area contributed by atoms with Crippen LogP contribution in [0.2, 0.25) is 0 Å². The minimum Gasteiger partial charge on any atom is -0.451 e. The lowest BCUT2D eigenvalue weighted by molar-refractivity contribution is -0.182. The highest BCUT2D eigenvalue weighted by Gasteiger charge is 2.68. The molecule has 0 spiro atoms. The third kappa shape index (κ3) is 5.62. The van der Waals surface area contributed by atoms with Gasteiger partial charge in [-0.25, -0.2) is 0 Å². The third-order valence-corrected chi connectivity index (χ3v) is 12.1. The van der Waals surface area contributed by atoms with E-state index in [1.54, 1.807) is 12.1 Å². The number of thioether (sulfide) groups is 1. The monoisotopic (exact) mass is 653 g/mol. The Bertz CT molecular complexity index is 1710. The normalized spacial score (nSPS) is 28.3. The number of hydrogen-bond donors (Lipinski definition) is 0. The van der Waals surface area contributed by atoms with Crippen LogP contribution in [0, 0.1) is 17.3 Å². The molecule has 4 aliphatic rings. The van der Waals surface area contributed by atoms with Gasteiger partial charge in [-0.3, -0.25) is 24.0 Å². The molecule has 0 bridgehead atoms. The molecule has 0 aromatic heterocycles. The van der Waals surface area contributed by atoms with E-state index in [9.17, 15) is 24.0 Å². The number of anilines is 1. The number of carbonyl (C=O) groups excluding carboxylic acids is 5. The molecule has 6 rings (SSSR count). The van der Waals surface area contributed by atoms with Gasteiger partial charge in [0.2, 0.25) is 0 Å². The van der Waals surface area contributed by atoms with Gasteiger partial charge in [0, 0.05) is 56.9 Å². The molecule has 2 aromatic carbocycles. The van der Waals surface area contributed by atoms with Crippen LogP contribution in [0.25, 0.3) is 0 Å². The molecule has 0 aliphatic heterocycles. The van der Waals surface area contributed by atoms with Gasteiger partial charge < -0.3 is 9.64 Å². The molecular formula is C39H43NO6S. The summed E-state index contributed by atoms with van der Waals surface area (Å²) in [6.45, 7) is 4.92. The summed E-state index contributed by atoms with van der Waals surface area (Å²) in [5, 5.41) is -0.148. The first-order valence-electron chi connectivity index (χ1n) is 16.6. The standard InChI is InChI=1S/C39H43NO6S/c1-23(41)46-39(34(44)22-47-24(2)42)20-19-32-30-16-15-29-28(17-18-33(43)36(29)37(45)26-9-7-6-8-10-26)35(30)31(21-38(32,39)3)25-11-13-27(14-12-25)40(4)5/h6-14,30-32H,15-22H2,1-5H3/t30?,31?,32?,38-,39+/m0/s1. The van der Waals surface area contributed by atoms with E-state index in [1.165, 1.54) is 19.4 Å². The average Bonchev–Trinajstić information content (AvgIpc) is 3.34. The predicted molar refractivity (Wildman–Crippen MR) is 183 cm³/mol. The number of fused-ring (bicyclic) bond motifs is 4. The Balaban J connectivity index is 1.53. The van der Waals surface area contributed by atoms with Crippen molar-refractivity contribution in [2.24, 2.45) is 17.3 Å². The summed E-state index contributed by atoms with van der Waals surface area (Å²) in [5.41, 5.74) is 4.30. The summed E-state index contributed by atoms with van der Waals surface area (Å²) in [5.74, 6) is -0.987. The summed E-state index contributed by atoms with van der Waals surface area (Å²) >= 11 is 0.967. The van der Waals surface area contributed by atoms with Crippen LogP contribution in [0.1, 0.15) is 87.6 Å². The molecule has 47 heavy (non-hydrogen) atoms. The zero-order valence-corrected chi connectivity index (χ0v) is 28.7. The minimum absolute atomic E-state index is 0.0360. The fraction of sp³-hybridized carbons (Fsp3) is 0.462. The first-order valence-corrected chi connectivity index (χ1v) is 17.6. The Morgan fingerprint density at radius 3 is 2.26 bits per heavy atom. The number of carbonyl (C=O) groups is 5. The highest BCUT2D eigenvalue weighted by atomic mass is 32.2. The maximum atomic E-state index is 14.2. The molecule has 2 saturated carbocycles. The molecule has 2 fully saturated rings. The van der Waals surface area contributed by atoms with E-state index in [0.717, 1.165) is 40.6 Å². The molecule has 0 N–H and O–H groups in total. The molecule has 3 unspecified atom stereocenters. The molecule has 4 aliphatic carbocycles. The van der Waals surface area contributed by atoms with E-state index >= 15 is 0 Å². The summed E-state index contributed by atoms with van der Waals surface area (Å²) in [7, 11) is 4.00. The lowest BCUT2D eigenvalue weighted by Crippen LogP contribution is -2.58. The van der Waals surface area contributed by atoms with Gasteiger partial charge >= 0.3 is 5.97 Å². The second-order valence-electron chi connectivity index (χ2n) is 14.0. The van der Waals surface area contributed by atoms with Crippen LogP contribution in [0.5, 0.6) is 0 Å². The van der Waals surface area contributed by atoms with E-state index in [1.807, 2.05) is 32.3 Å². The number of nitrogens with zero attached hydrogens (tertiary/aromatic N) is 1. The molecule has 8 heteroatoms. The van der Waals surface area contributed by atoms with E-state index in [4.69, 9.17) is 4.74 Å². The molecule has 5 atom stereocenters. The molecule has 0 radical (unpaired) electrons. The van der Waals surface area contributed by atoms with Crippen molar-refractivity contribution in [1.82, 2.24) is 0 Å². The minimum atomic E-state index is -1.34. The van der Waals surface area contributed by atoms with Crippen molar-refractivity contribution in [3.63, 3.8) is 0 Å². The molecule has 246 valence electrons. The first-order chi connectivity index (χ1) is 22.4. The predicted octanol–water partition coefficient (Wildman–Crippen LogP) is 7.06. The van der Waals surface area contributed by atoms with E-state index in [2.05, 4.69) is 36.1 Å². The number of benzene rings is 2. The van der Waals surface area contributed by atoms with Crippen molar-refractivity contribution in [2.75, 3.05) is 24.7 Å². The van der Waals surface area contributed by atoms with Crippen LogP contribution in [0.3, 0.4) is 0 Å². The van der Waals surface area contributed by atoms with Gasteiger partial charge in [-0.2, -0.15) is 0 Å². The summed E-state index contributed by atoms with van der Waals surface area (Å²) in [6.07, 6.45) is 3.92. The van der Waals surface area contributed by atoms with Gasteiger partial charge in [0.15, 0.2) is 28.1 Å². The van der Waals surface area contributed by atoms with Crippen molar-refractivity contribution < 1.29 is 28.7 Å². The number of ether oxygens (including phenoxy) is 1. The topological polar surface area (TPSA) is 97.8 Å². The number of ketones is 3. The molecular weight excluding hydrogens is 610 g/mol. The third-order valence-electron chi connectivity index (χ3n) is 11.3. The lowest BCUT2D eigenvalue weighted by Gasteiger charge is -2.55. The molecule has 0 heterocycles. The van der Waals surface area contributed by atoms with Gasteiger partial charge in [-0.1, -0.05) is 66.7 Å². The Labute approximate surface area is 281 Å². The summed E-state index contributed by atoms with van der Waals surface area (Å²) in [4.78, 5) is 68.2. The highest BCUT2D eigenvalue weighted by molar-refractivity contribution is 8.14. The largest absolute Gasteiger partial charge is 0.451 e.